The van der Waals surface area contributed by atoms with Gasteiger partial charge in [0.2, 0.25) is 0 Å². The minimum Gasteiger partial charge on any atom is -0.310 e. The molecule has 0 spiro atoms. The molecule has 0 aliphatic heterocycles. The number of rotatable bonds is 8. The summed E-state index contributed by atoms with van der Waals surface area (Å²) in [6.07, 6.45) is 4.62. The molecule has 0 aliphatic carbocycles. The van der Waals surface area contributed by atoms with Crippen LogP contribution >= 0.6 is 15.9 Å². The molecule has 1 nitrogen and oxygen atoms in total. The number of benzene rings is 1. The molecule has 0 bridgehead atoms. The van der Waals surface area contributed by atoms with Crippen LogP contribution in [0.1, 0.15) is 58.1 Å². The van der Waals surface area contributed by atoms with E-state index in [2.05, 4.69) is 42.0 Å². The van der Waals surface area contributed by atoms with Crippen molar-refractivity contribution < 1.29 is 4.39 Å². The van der Waals surface area contributed by atoms with Gasteiger partial charge in [-0.2, -0.15) is 0 Å². The van der Waals surface area contributed by atoms with Crippen LogP contribution < -0.4 is 5.32 Å². The van der Waals surface area contributed by atoms with Gasteiger partial charge in [-0.1, -0.05) is 56.0 Å². The number of unbranched alkanes of at least 4 members (excludes halogenated alkanes) is 1. The van der Waals surface area contributed by atoms with Gasteiger partial charge >= 0.3 is 0 Å². The van der Waals surface area contributed by atoms with Crippen LogP contribution in [0.25, 0.3) is 0 Å². The highest BCUT2D eigenvalue weighted by Crippen LogP contribution is 2.32. The van der Waals surface area contributed by atoms with Crippen LogP contribution in [0.3, 0.4) is 0 Å². The van der Waals surface area contributed by atoms with E-state index in [9.17, 15) is 4.39 Å². The fourth-order valence-corrected chi connectivity index (χ4v) is 2.96. The van der Waals surface area contributed by atoms with Gasteiger partial charge in [-0.05, 0) is 37.1 Å². The molecule has 0 aliphatic rings. The summed E-state index contributed by atoms with van der Waals surface area (Å²) in [6, 6.07) is 5.33. The molecule has 19 heavy (non-hydrogen) atoms. The molecule has 1 aromatic rings. The molecular weight excluding hydrogens is 305 g/mol. The van der Waals surface area contributed by atoms with Crippen LogP contribution in [-0.2, 0) is 0 Å². The van der Waals surface area contributed by atoms with Crippen molar-refractivity contribution in [3.8, 4) is 0 Å². The molecule has 2 atom stereocenters. The Bertz CT molecular complexity index is 381. The highest BCUT2D eigenvalue weighted by Gasteiger charge is 2.23. The Balaban J connectivity index is 2.99. The first-order valence-electron chi connectivity index (χ1n) is 7.32. The predicted molar refractivity (Wildman–Crippen MR) is 83.8 cm³/mol. The van der Waals surface area contributed by atoms with Crippen molar-refractivity contribution in [3.63, 3.8) is 0 Å². The van der Waals surface area contributed by atoms with Crippen LogP contribution in [0.5, 0.6) is 0 Å². The molecule has 0 fully saturated rings. The second-order valence-electron chi connectivity index (χ2n) is 5.01. The summed E-state index contributed by atoms with van der Waals surface area (Å²) in [6.45, 7) is 7.34. The fourth-order valence-electron chi connectivity index (χ4n) is 2.58. The van der Waals surface area contributed by atoms with E-state index in [-0.39, 0.29) is 11.9 Å². The van der Waals surface area contributed by atoms with E-state index in [1.807, 2.05) is 6.07 Å². The van der Waals surface area contributed by atoms with Crippen molar-refractivity contribution in [3.05, 3.63) is 34.1 Å². The molecule has 0 saturated carbocycles. The Morgan fingerprint density at radius 2 is 2.00 bits per heavy atom. The standard InChI is InChI=1S/C16H25BrFN/c1-4-7-8-12(5-2)16(19-6-3)14-11-13(17)9-10-15(14)18/h9-12,16,19H,4-8H2,1-3H3. The molecule has 0 radical (unpaired) electrons. The van der Waals surface area contributed by atoms with Crippen molar-refractivity contribution in [2.75, 3.05) is 6.54 Å². The molecule has 1 rings (SSSR count). The van der Waals surface area contributed by atoms with Crippen LogP contribution in [0.2, 0.25) is 0 Å². The summed E-state index contributed by atoms with van der Waals surface area (Å²) in [7, 11) is 0. The average molecular weight is 330 g/mol. The van der Waals surface area contributed by atoms with E-state index in [4.69, 9.17) is 0 Å². The van der Waals surface area contributed by atoms with E-state index < -0.39 is 0 Å². The molecule has 0 heterocycles. The van der Waals surface area contributed by atoms with Gasteiger partial charge in [-0.15, -0.1) is 0 Å². The molecule has 108 valence electrons. The Hall–Kier alpha value is -0.410. The SMILES string of the molecule is CCCCC(CC)C(NCC)c1cc(Br)ccc1F. The Morgan fingerprint density at radius 3 is 2.58 bits per heavy atom. The van der Waals surface area contributed by atoms with E-state index in [1.165, 1.54) is 12.8 Å². The molecule has 3 heteroatoms. The second kappa shape index (κ2) is 8.70. The summed E-state index contributed by atoms with van der Waals surface area (Å²) in [5.41, 5.74) is 0.791. The van der Waals surface area contributed by atoms with Crippen molar-refractivity contribution >= 4 is 15.9 Å². The molecular formula is C16H25BrFN. The zero-order valence-corrected chi connectivity index (χ0v) is 13.8. The lowest BCUT2D eigenvalue weighted by Crippen LogP contribution is -2.29. The molecule has 1 aromatic carbocycles. The minimum atomic E-state index is -0.107. The van der Waals surface area contributed by atoms with E-state index in [1.54, 1.807) is 12.1 Å². The third kappa shape index (κ3) is 4.88. The summed E-state index contributed by atoms with van der Waals surface area (Å²) in [5.74, 6) is 0.382. The van der Waals surface area contributed by atoms with Gasteiger partial charge in [0.1, 0.15) is 5.82 Å². The smallest absolute Gasteiger partial charge is 0.128 e. The lowest BCUT2D eigenvalue weighted by atomic mass is 9.86. The fraction of sp³-hybridized carbons (Fsp3) is 0.625. The minimum absolute atomic E-state index is 0.107. The number of halogens is 2. The summed E-state index contributed by atoms with van der Waals surface area (Å²) >= 11 is 3.44. The average Bonchev–Trinajstić information content (AvgIpc) is 2.41. The van der Waals surface area contributed by atoms with Crippen LogP contribution in [0.4, 0.5) is 4.39 Å². The Kier molecular flexibility index (Phi) is 7.62. The van der Waals surface area contributed by atoms with Crippen LogP contribution in [0.15, 0.2) is 22.7 Å². The first-order valence-corrected chi connectivity index (χ1v) is 8.11. The highest BCUT2D eigenvalue weighted by molar-refractivity contribution is 9.10. The maximum absolute atomic E-state index is 14.1. The quantitative estimate of drug-likeness (QED) is 0.668. The molecule has 2 unspecified atom stereocenters. The third-order valence-corrected chi connectivity index (χ3v) is 4.13. The van der Waals surface area contributed by atoms with Gasteiger partial charge in [-0.25, -0.2) is 4.39 Å². The van der Waals surface area contributed by atoms with Crippen molar-refractivity contribution in [2.45, 2.75) is 52.5 Å². The third-order valence-electron chi connectivity index (χ3n) is 3.64. The van der Waals surface area contributed by atoms with Gasteiger partial charge < -0.3 is 5.32 Å². The number of nitrogens with one attached hydrogen (secondary N) is 1. The van der Waals surface area contributed by atoms with Crippen molar-refractivity contribution in [2.24, 2.45) is 5.92 Å². The van der Waals surface area contributed by atoms with Crippen LogP contribution in [-0.4, -0.2) is 6.54 Å². The number of hydrogen-bond acceptors (Lipinski definition) is 1. The van der Waals surface area contributed by atoms with Gasteiger partial charge in [0.25, 0.3) is 0 Å². The predicted octanol–water partition coefficient (Wildman–Crippen LogP) is 5.46. The van der Waals surface area contributed by atoms with Gasteiger partial charge in [-0.3, -0.25) is 0 Å². The normalized spacial score (nSPS) is 14.4. The lowest BCUT2D eigenvalue weighted by Gasteiger charge is -2.28. The van der Waals surface area contributed by atoms with E-state index in [0.29, 0.717) is 5.92 Å². The molecule has 0 aromatic heterocycles. The second-order valence-corrected chi connectivity index (χ2v) is 5.93. The Morgan fingerprint density at radius 1 is 1.26 bits per heavy atom. The van der Waals surface area contributed by atoms with Crippen molar-refractivity contribution in [1.82, 2.24) is 5.32 Å². The topological polar surface area (TPSA) is 12.0 Å². The number of hydrogen-bond donors (Lipinski definition) is 1. The monoisotopic (exact) mass is 329 g/mol. The zero-order chi connectivity index (χ0) is 14.3. The van der Waals surface area contributed by atoms with Gasteiger partial charge in [0.15, 0.2) is 0 Å². The van der Waals surface area contributed by atoms with Gasteiger partial charge in [0.05, 0.1) is 0 Å². The first kappa shape index (κ1) is 16.6. The maximum Gasteiger partial charge on any atom is 0.128 e. The van der Waals surface area contributed by atoms with E-state index >= 15 is 0 Å². The molecule has 0 amide bonds. The molecule has 1 N–H and O–H groups in total. The highest BCUT2D eigenvalue weighted by atomic mass is 79.9. The first-order chi connectivity index (χ1) is 9.13. The Labute approximate surface area is 125 Å². The summed E-state index contributed by atoms with van der Waals surface area (Å²) in [5, 5.41) is 3.47. The zero-order valence-electron chi connectivity index (χ0n) is 12.2. The largest absolute Gasteiger partial charge is 0.310 e. The lowest BCUT2D eigenvalue weighted by molar-refractivity contribution is 0.320. The van der Waals surface area contributed by atoms with Gasteiger partial charge in [0, 0.05) is 16.1 Å². The van der Waals surface area contributed by atoms with Crippen molar-refractivity contribution in [1.29, 1.82) is 0 Å². The van der Waals surface area contributed by atoms with Crippen LogP contribution in [0, 0.1) is 11.7 Å². The molecule has 0 saturated heterocycles. The summed E-state index contributed by atoms with van der Waals surface area (Å²) in [4.78, 5) is 0. The maximum atomic E-state index is 14.1. The van der Waals surface area contributed by atoms with E-state index in [0.717, 1.165) is 29.4 Å². The summed E-state index contributed by atoms with van der Waals surface area (Å²) < 4.78 is 15.0.